The number of fused-ring (bicyclic) bond motifs is 4. The first-order chi connectivity index (χ1) is 26.9. The molecule has 2 heterocycles. The van der Waals surface area contributed by atoms with Gasteiger partial charge in [-0.15, -0.1) is 0 Å². The van der Waals surface area contributed by atoms with E-state index in [1.54, 1.807) is 12.1 Å². The summed E-state index contributed by atoms with van der Waals surface area (Å²) in [5, 5.41) is 2.44. The summed E-state index contributed by atoms with van der Waals surface area (Å²) in [7, 11) is 0. The monoisotopic (exact) mass is 659 g/mol. The van der Waals surface area contributed by atoms with Gasteiger partial charge in [-0.3, -0.25) is 0 Å². The maximum Gasteiger partial charge on any atom is 0.227 e. The molecule has 0 fully saturated rings. The van der Waals surface area contributed by atoms with Crippen molar-refractivity contribution in [1.29, 1.82) is 0 Å². The van der Waals surface area contributed by atoms with E-state index in [0.29, 0.717) is 56.6 Å². The van der Waals surface area contributed by atoms with Gasteiger partial charge in [0.1, 0.15) is 11.0 Å². The minimum atomic E-state index is 0.0132. The summed E-state index contributed by atoms with van der Waals surface area (Å²) < 4.78 is 50.3. The number of aromatic nitrogens is 2. The van der Waals surface area contributed by atoms with Crippen molar-refractivity contribution in [2.75, 3.05) is 4.90 Å². The molecule has 51 heavy (non-hydrogen) atoms. The van der Waals surface area contributed by atoms with Crippen LogP contribution in [0.15, 0.2) is 185 Å². The first-order valence-corrected chi connectivity index (χ1v) is 16.7. The molecule has 8 aromatic carbocycles. The van der Waals surface area contributed by atoms with E-state index in [4.69, 9.17) is 18.8 Å². The second-order valence-corrected chi connectivity index (χ2v) is 12.3. The molecule has 240 valence electrons. The van der Waals surface area contributed by atoms with Crippen molar-refractivity contribution in [1.82, 2.24) is 9.97 Å². The van der Waals surface area contributed by atoms with Crippen LogP contribution in [-0.2, 0) is 0 Å². The van der Waals surface area contributed by atoms with Gasteiger partial charge in [0.25, 0.3) is 0 Å². The molecular formula is C46H29N3O2. The quantitative estimate of drug-likeness (QED) is 0.178. The predicted octanol–water partition coefficient (Wildman–Crippen LogP) is 12.7. The zero-order valence-corrected chi connectivity index (χ0v) is 27.1. The first-order valence-electron chi connectivity index (χ1n) is 18.7. The SMILES string of the molecule is [2H]c1cc(N(c2ccc3nc(-c4ccccc4)oc3c2)c2ccc3nc(-c4ccccc4)oc3c2)c([2H])c2c([2H])cc(-c3cccc4ccccc34)c([2H])c12. The van der Waals surface area contributed by atoms with Crippen molar-refractivity contribution in [2.24, 2.45) is 0 Å². The number of oxazole rings is 2. The van der Waals surface area contributed by atoms with Crippen molar-refractivity contribution >= 4 is 60.8 Å². The van der Waals surface area contributed by atoms with Gasteiger partial charge in [-0.2, -0.15) is 0 Å². The van der Waals surface area contributed by atoms with Crippen molar-refractivity contribution in [3.63, 3.8) is 0 Å². The highest BCUT2D eigenvalue weighted by Crippen LogP contribution is 2.40. The van der Waals surface area contributed by atoms with E-state index in [2.05, 4.69) is 0 Å². The van der Waals surface area contributed by atoms with Gasteiger partial charge >= 0.3 is 0 Å². The van der Waals surface area contributed by atoms with Crippen LogP contribution in [0.3, 0.4) is 0 Å². The smallest absolute Gasteiger partial charge is 0.227 e. The summed E-state index contributed by atoms with van der Waals surface area (Å²) in [6.45, 7) is 0. The molecule has 0 amide bonds. The topological polar surface area (TPSA) is 55.3 Å². The van der Waals surface area contributed by atoms with E-state index < -0.39 is 0 Å². The molecule has 0 N–H and O–H groups in total. The lowest BCUT2D eigenvalue weighted by Crippen LogP contribution is -2.09. The Morgan fingerprint density at radius 3 is 1.69 bits per heavy atom. The van der Waals surface area contributed by atoms with Gasteiger partial charge in [0.2, 0.25) is 11.8 Å². The van der Waals surface area contributed by atoms with E-state index in [1.807, 2.05) is 144 Å². The maximum absolute atomic E-state index is 9.67. The predicted molar refractivity (Wildman–Crippen MR) is 208 cm³/mol. The second kappa shape index (κ2) is 11.9. The molecule has 10 rings (SSSR count). The lowest BCUT2D eigenvalue weighted by atomic mass is 9.96. The average Bonchev–Trinajstić information content (AvgIpc) is 3.85. The lowest BCUT2D eigenvalue weighted by Gasteiger charge is -2.25. The molecule has 10 aromatic rings. The number of benzene rings is 8. The third kappa shape index (κ3) is 5.20. The molecule has 0 aliphatic carbocycles. The molecule has 0 unspecified atom stereocenters. The van der Waals surface area contributed by atoms with Crippen LogP contribution in [0, 0.1) is 0 Å². The van der Waals surface area contributed by atoms with E-state index in [9.17, 15) is 5.48 Å². The first kappa shape index (κ1) is 25.1. The molecular weight excluding hydrogens is 627 g/mol. The van der Waals surface area contributed by atoms with Gasteiger partial charge in [0.15, 0.2) is 11.2 Å². The van der Waals surface area contributed by atoms with Crippen LogP contribution in [0.1, 0.15) is 5.48 Å². The van der Waals surface area contributed by atoms with Crippen molar-refractivity contribution in [3.8, 4) is 34.0 Å². The van der Waals surface area contributed by atoms with Crippen LogP contribution < -0.4 is 4.90 Å². The molecule has 0 saturated heterocycles. The Labute approximate surface area is 299 Å². The highest BCUT2D eigenvalue weighted by Gasteiger charge is 2.19. The highest BCUT2D eigenvalue weighted by molar-refractivity contribution is 6.00. The largest absolute Gasteiger partial charge is 0.436 e. The second-order valence-electron chi connectivity index (χ2n) is 12.3. The van der Waals surface area contributed by atoms with E-state index in [-0.39, 0.29) is 34.9 Å². The number of hydrogen-bond donors (Lipinski definition) is 0. The molecule has 0 saturated carbocycles. The van der Waals surface area contributed by atoms with Gasteiger partial charge in [0, 0.05) is 40.3 Å². The number of rotatable bonds is 6. The van der Waals surface area contributed by atoms with Gasteiger partial charge in [-0.25, -0.2) is 9.97 Å². The Morgan fingerprint density at radius 1 is 0.451 bits per heavy atom. The Hall–Kier alpha value is -6.98. The Bertz CT molecular complexity index is 2980. The summed E-state index contributed by atoms with van der Waals surface area (Å²) in [5.41, 5.74) is 7.10. The van der Waals surface area contributed by atoms with Crippen LogP contribution in [-0.4, -0.2) is 9.97 Å². The number of nitrogens with zero attached hydrogens (tertiary/aromatic N) is 3. The van der Waals surface area contributed by atoms with Crippen LogP contribution in [0.4, 0.5) is 17.1 Å². The summed E-state index contributed by atoms with van der Waals surface area (Å²) in [6.07, 6.45) is 0. The van der Waals surface area contributed by atoms with Crippen molar-refractivity contribution in [2.45, 2.75) is 0 Å². The molecule has 5 nitrogen and oxygen atoms in total. The van der Waals surface area contributed by atoms with Crippen LogP contribution in [0.5, 0.6) is 0 Å². The zero-order chi connectivity index (χ0) is 37.2. The van der Waals surface area contributed by atoms with Gasteiger partial charge < -0.3 is 13.7 Å². The molecule has 0 atom stereocenters. The molecule has 2 aromatic heterocycles. The third-order valence-electron chi connectivity index (χ3n) is 9.10. The third-order valence-corrected chi connectivity index (χ3v) is 9.10. The Balaban J connectivity index is 1.18. The Kier molecular flexibility index (Phi) is 5.83. The summed E-state index contributed by atoms with van der Waals surface area (Å²) >= 11 is 0. The van der Waals surface area contributed by atoms with Gasteiger partial charge in [-0.1, -0.05) is 97.0 Å². The summed E-state index contributed by atoms with van der Waals surface area (Å²) in [6, 6.07) is 47.9. The Morgan fingerprint density at radius 2 is 1.02 bits per heavy atom. The molecule has 0 aliphatic rings. The summed E-state index contributed by atoms with van der Waals surface area (Å²) in [4.78, 5) is 11.3. The standard InChI is InChI=1S/C46H29N3O2/c1-3-11-31(12-4-1)45-47-41-24-22-37(28-43(41)50-45)49(38-23-25-42-44(29-38)51-46(48-42)32-13-5-2-6-14-32)36-21-20-33-26-35(19-18-34(33)27-36)40-17-9-15-30-10-7-8-16-39(30)40/h1-29H/i18D,20D,26D,27D. The van der Waals surface area contributed by atoms with E-state index >= 15 is 0 Å². The maximum atomic E-state index is 9.67. The molecule has 5 heteroatoms. The van der Waals surface area contributed by atoms with Gasteiger partial charge in [0.05, 0.1) is 5.48 Å². The molecule has 0 bridgehead atoms. The zero-order valence-electron chi connectivity index (χ0n) is 31.1. The van der Waals surface area contributed by atoms with Crippen LogP contribution in [0.25, 0.3) is 77.8 Å². The molecule has 0 spiro atoms. The molecule has 0 aliphatic heterocycles. The summed E-state index contributed by atoms with van der Waals surface area (Å²) in [5.74, 6) is 0.972. The highest BCUT2D eigenvalue weighted by atomic mass is 16.4. The van der Waals surface area contributed by atoms with Crippen LogP contribution >= 0.6 is 0 Å². The minimum absolute atomic E-state index is 0.0132. The molecule has 0 radical (unpaired) electrons. The van der Waals surface area contributed by atoms with Gasteiger partial charge in [-0.05, 0) is 99.4 Å². The number of hydrogen-bond acceptors (Lipinski definition) is 5. The minimum Gasteiger partial charge on any atom is -0.436 e. The average molecular weight is 660 g/mol. The normalized spacial score (nSPS) is 12.6. The van der Waals surface area contributed by atoms with Crippen molar-refractivity contribution in [3.05, 3.63) is 176 Å². The fraction of sp³-hybridized carbons (Fsp3) is 0. The van der Waals surface area contributed by atoms with E-state index in [0.717, 1.165) is 27.5 Å². The fourth-order valence-electron chi connectivity index (χ4n) is 6.63. The van der Waals surface area contributed by atoms with Crippen molar-refractivity contribution < 1.29 is 14.3 Å². The van der Waals surface area contributed by atoms with Crippen LogP contribution in [0.2, 0.25) is 0 Å². The van der Waals surface area contributed by atoms with E-state index in [1.165, 1.54) is 0 Å². The number of anilines is 3. The fourth-order valence-corrected chi connectivity index (χ4v) is 6.63. The lowest BCUT2D eigenvalue weighted by molar-refractivity contribution is 0.620.